The normalized spacial score (nSPS) is 13.2. The summed E-state index contributed by atoms with van der Waals surface area (Å²) in [5.41, 5.74) is -0.179. The van der Waals surface area contributed by atoms with Crippen LogP contribution in [0.1, 0.15) is 104 Å². The highest BCUT2D eigenvalue weighted by atomic mass is 32.2. The SMILES string of the molecule is CCCCCCCCCCCCC(CNS(=O)(=O)CC)OC(C)(C)C(=O)/C=C/c1ccc(OC)cc1. The van der Waals surface area contributed by atoms with E-state index in [4.69, 9.17) is 9.47 Å². The van der Waals surface area contributed by atoms with Crippen molar-refractivity contribution in [1.82, 2.24) is 4.72 Å². The summed E-state index contributed by atoms with van der Waals surface area (Å²) in [6, 6.07) is 7.44. The lowest BCUT2D eigenvalue weighted by Crippen LogP contribution is -2.43. The fourth-order valence-corrected chi connectivity index (χ4v) is 4.59. The smallest absolute Gasteiger partial charge is 0.211 e. The Morgan fingerprint density at radius 2 is 1.50 bits per heavy atom. The Labute approximate surface area is 220 Å². The van der Waals surface area contributed by atoms with Gasteiger partial charge in [0, 0.05) is 6.54 Å². The Balaban J connectivity index is 2.60. The van der Waals surface area contributed by atoms with Gasteiger partial charge in [0.05, 0.1) is 19.0 Å². The number of nitrogens with one attached hydrogen (secondary N) is 1. The number of rotatable bonds is 21. The Morgan fingerprint density at radius 1 is 0.944 bits per heavy atom. The molecular weight excluding hydrogens is 474 g/mol. The number of hydrogen-bond acceptors (Lipinski definition) is 5. The van der Waals surface area contributed by atoms with Crippen molar-refractivity contribution in [3.05, 3.63) is 35.9 Å². The van der Waals surface area contributed by atoms with Crippen molar-refractivity contribution in [2.24, 2.45) is 0 Å². The highest BCUT2D eigenvalue weighted by Crippen LogP contribution is 2.20. The molecule has 1 atom stereocenters. The molecule has 0 aliphatic carbocycles. The molecule has 0 heterocycles. The zero-order chi connectivity index (χ0) is 26.9. The summed E-state index contributed by atoms with van der Waals surface area (Å²) >= 11 is 0. The van der Waals surface area contributed by atoms with Crippen molar-refractivity contribution in [3.8, 4) is 5.75 Å². The van der Waals surface area contributed by atoms with Gasteiger partial charge < -0.3 is 9.47 Å². The predicted molar refractivity (Wildman–Crippen MR) is 150 cm³/mol. The van der Waals surface area contributed by atoms with Crippen LogP contribution in [0.3, 0.4) is 0 Å². The highest BCUT2D eigenvalue weighted by molar-refractivity contribution is 7.89. The van der Waals surface area contributed by atoms with Gasteiger partial charge in [-0.3, -0.25) is 4.79 Å². The number of methoxy groups -OCH3 is 1. The fourth-order valence-electron chi connectivity index (χ4n) is 3.95. The van der Waals surface area contributed by atoms with E-state index in [1.54, 1.807) is 34.0 Å². The lowest BCUT2D eigenvalue weighted by Gasteiger charge is -2.29. The summed E-state index contributed by atoms with van der Waals surface area (Å²) < 4.78 is 38.0. The van der Waals surface area contributed by atoms with Gasteiger partial charge in [-0.25, -0.2) is 13.1 Å². The quantitative estimate of drug-likeness (QED) is 0.143. The van der Waals surface area contributed by atoms with Crippen molar-refractivity contribution in [3.63, 3.8) is 0 Å². The molecule has 1 aromatic carbocycles. The molecule has 0 aromatic heterocycles. The average Bonchev–Trinajstić information content (AvgIpc) is 2.86. The fraction of sp³-hybridized carbons (Fsp3) is 0.690. The predicted octanol–water partition coefficient (Wildman–Crippen LogP) is 6.69. The third kappa shape index (κ3) is 14.1. The van der Waals surface area contributed by atoms with E-state index in [2.05, 4.69) is 11.6 Å². The number of carbonyl (C=O) groups is 1. The minimum Gasteiger partial charge on any atom is -0.497 e. The number of carbonyl (C=O) groups excluding carboxylic acids is 1. The van der Waals surface area contributed by atoms with E-state index in [1.807, 2.05) is 24.3 Å². The van der Waals surface area contributed by atoms with Crippen molar-refractivity contribution < 1.29 is 22.7 Å². The standard InChI is InChI=1S/C29H49NO5S/c1-6-8-9-10-11-12-13-14-15-16-17-27(24-30-36(32,33)7-2)35-29(3,4)28(31)23-20-25-18-21-26(34-5)22-19-25/h18-23,27,30H,6-17,24H2,1-5H3/b23-20+. The van der Waals surface area contributed by atoms with Crippen LogP contribution >= 0.6 is 0 Å². The van der Waals surface area contributed by atoms with E-state index in [0.717, 1.165) is 24.2 Å². The monoisotopic (exact) mass is 523 g/mol. The Kier molecular flexibility index (Phi) is 15.9. The van der Waals surface area contributed by atoms with E-state index < -0.39 is 15.6 Å². The van der Waals surface area contributed by atoms with Gasteiger partial charge in [-0.1, -0.05) is 89.3 Å². The van der Waals surface area contributed by atoms with Crippen LogP contribution < -0.4 is 9.46 Å². The van der Waals surface area contributed by atoms with Gasteiger partial charge in [-0.05, 0) is 51.0 Å². The van der Waals surface area contributed by atoms with Crippen molar-refractivity contribution in [2.45, 2.75) is 110 Å². The van der Waals surface area contributed by atoms with Gasteiger partial charge in [-0.2, -0.15) is 0 Å². The molecule has 1 N–H and O–H groups in total. The summed E-state index contributed by atoms with van der Waals surface area (Å²) in [7, 11) is -1.72. The lowest BCUT2D eigenvalue weighted by atomic mass is 10.0. The molecule has 0 radical (unpaired) electrons. The van der Waals surface area contributed by atoms with E-state index in [-0.39, 0.29) is 24.2 Å². The van der Waals surface area contributed by atoms with Crippen LogP contribution in [-0.2, 0) is 19.6 Å². The second-order valence-electron chi connectivity index (χ2n) is 9.94. The maximum atomic E-state index is 12.9. The molecule has 0 saturated heterocycles. The zero-order valence-electron chi connectivity index (χ0n) is 23.2. The molecule has 1 unspecified atom stereocenters. The van der Waals surface area contributed by atoms with Crippen molar-refractivity contribution >= 4 is 21.9 Å². The second-order valence-corrected chi connectivity index (χ2v) is 12.0. The van der Waals surface area contributed by atoms with E-state index in [0.29, 0.717) is 6.42 Å². The van der Waals surface area contributed by atoms with Gasteiger partial charge in [0.15, 0.2) is 5.78 Å². The zero-order valence-corrected chi connectivity index (χ0v) is 24.0. The van der Waals surface area contributed by atoms with Crippen LogP contribution in [0.2, 0.25) is 0 Å². The molecule has 0 aliphatic rings. The van der Waals surface area contributed by atoms with Gasteiger partial charge in [0.25, 0.3) is 0 Å². The molecule has 1 aromatic rings. The van der Waals surface area contributed by atoms with Crippen LogP contribution in [0, 0.1) is 0 Å². The Bertz CT molecular complexity index is 862. The summed E-state index contributed by atoms with van der Waals surface area (Å²) in [6.45, 7) is 7.51. The molecule has 6 nitrogen and oxygen atoms in total. The first-order valence-electron chi connectivity index (χ1n) is 13.6. The molecule has 7 heteroatoms. The molecule has 36 heavy (non-hydrogen) atoms. The van der Waals surface area contributed by atoms with Crippen LogP contribution in [0.5, 0.6) is 5.75 Å². The minimum atomic E-state index is -3.33. The Hall–Kier alpha value is -1.70. The molecule has 1 rings (SSSR count). The van der Waals surface area contributed by atoms with Gasteiger partial charge in [-0.15, -0.1) is 0 Å². The van der Waals surface area contributed by atoms with Crippen LogP contribution in [0.15, 0.2) is 30.3 Å². The molecule has 206 valence electrons. The lowest BCUT2D eigenvalue weighted by molar-refractivity contribution is -0.142. The number of unbranched alkanes of at least 4 members (excludes halogenated alkanes) is 9. The molecule has 0 aliphatic heterocycles. The molecule has 0 amide bonds. The molecule has 0 spiro atoms. The first-order chi connectivity index (χ1) is 17.1. The third-order valence-electron chi connectivity index (χ3n) is 6.39. The van der Waals surface area contributed by atoms with Gasteiger partial charge in [0.2, 0.25) is 10.0 Å². The van der Waals surface area contributed by atoms with E-state index in [9.17, 15) is 13.2 Å². The van der Waals surface area contributed by atoms with Gasteiger partial charge >= 0.3 is 0 Å². The number of sulfonamides is 1. The topological polar surface area (TPSA) is 81.7 Å². The average molecular weight is 524 g/mol. The first-order valence-corrected chi connectivity index (χ1v) is 15.3. The van der Waals surface area contributed by atoms with Crippen molar-refractivity contribution in [2.75, 3.05) is 19.4 Å². The van der Waals surface area contributed by atoms with Crippen LogP contribution in [-0.4, -0.2) is 45.3 Å². The summed E-state index contributed by atoms with van der Waals surface area (Å²) in [6.07, 6.45) is 15.9. The second kappa shape index (κ2) is 17.7. The van der Waals surface area contributed by atoms with E-state index in [1.165, 1.54) is 57.4 Å². The van der Waals surface area contributed by atoms with Crippen LogP contribution in [0.25, 0.3) is 6.08 Å². The first kappa shape index (κ1) is 32.3. The van der Waals surface area contributed by atoms with Gasteiger partial charge in [0.1, 0.15) is 11.4 Å². The molecule has 0 saturated carbocycles. The Morgan fingerprint density at radius 3 is 2.03 bits per heavy atom. The van der Waals surface area contributed by atoms with E-state index >= 15 is 0 Å². The summed E-state index contributed by atoms with van der Waals surface area (Å²) in [4.78, 5) is 12.9. The molecular formula is C29H49NO5S. The van der Waals surface area contributed by atoms with Crippen molar-refractivity contribution in [1.29, 1.82) is 0 Å². The largest absolute Gasteiger partial charge is 0.497 e. The van der Waals surface area contributed by atoms with Crippen LogP contribution in [0.4, 0.5) is 0 Å². The number of benzene rings is 1. The minimum absolute atomic E-state index is 0.0187. The molecule has 0 bridgehead atoms. The molecule has 0 fully saturated rings. The summed E-state index contributed by atoms with van der Waals surface area (Å²) in [5, 5.41) is 0. The summed E-state index contributed by atoms with van der Waals surface area (Å²) in [5.74, 6) is 0.612. The maximum Gasteiger partial charge on any atom is 0.211 e. The number of hydrogen-bond donors (Lipinski definition) is 1. The number of ether oxygens (including phenoxy) is 2. The number of ketones is 1. The maximum absolute atomic E-state index is 12.9. The third-order valence-corrected chi connectivity index (χ3v) is 7.75. The highest BCUT2D eigenvalue weighted by Gasteiger charge is 2.30.